The van der Waals surface area contributed by atoms with E-state index >= 15 is 0 Å². The lowest BCUT2D eigenvalue weighted by atomic mass is 10.1. The smallest absolute Gasteiger partial charge is 0.256 e. The third-order valence-corrected chi connectivity index (χ3v) is 8.36. The molecule has 32 heavy (non-hydrogen) atoms. The van der Waals surface area contributed by atoms with Crippen molar-refractivity contribution in [2.75, 3.05) is 18.4 Å². The van der Waals surface area contributed by atoms with E-state index in [0.29, 0.717) is 18.1 Å². The number of amides is 2. The fraction of sp³-hybridized carbons (Fsp3) is 0.217. The van der Waals surface area contributed by atoms with Gasteiger partial charge in [0.15, 0.2) is 0 Å². The average Bonchev–Trinajstić information content (AvgIpc) is 3.24. The molecule has 1 saturated heterocycles. The molecule has 166 valence electrons. The standard InChI is InChI=1S/C23H23N3O4S2/c24-21(27)19-15-20(16-7-3-1-4-8-16)31-23(19)25-22(28)17-9-11-18(12-10-17)32(29,30)26-13-5-2-6-14-26/h1,3-4,7-12,15H,2,5-6,13-14H2,(H2,24,27)(H,25,28). The number of primary amides is 1. The zero-order valence-electron chi connectivity index (χ0n) is 17.3. The van der Waals surface area contributed by atoms with Crippen molar-refractivity contribution < 1.29 is 18.0 Å². The van der Waals surface area contributed by atoms with Crippen molar-refractivity contribution in [1.82, 2.24) is 4.31 Å². The second-order valence-corrected chi connectivity index (χ2v) is 10.5. The minimum absolute atomic E-state index is 0.163. The molecule has 4 rings (SSSR count). The van der Waals surface area contributed by atoms with Gasteiger partial charge in [0.1, 0.15) is 5.00 Å². The number of hydrogen-bond acceptors (Lipinski definition) is 5. The van der Waals surface area contributed by atoms with Crippen molar-refractivity contribution in [1.29, 1.82) is 0 Å². The number of hydrogen-bond donors (Lipinski definition) is 2. The highest BCUT2D eigenvalue weighted by molar-refractivity contribution is 7.89. The lowest BCUT2D eigenvalue weighted by Gasteiger charge is -2.25. The summed E-state index contributed by atoms with van der Waals surface area (Å²) in [6, 6.07) is 17.0. The Balaban J connectivity index is 1.54. The largest absolute Gasteiger partial charge is 0.366 e. The first-order valence-electron chi connectivity index (χ1n) is 10.3. The van der Waals surface area contributed by atoms with Gasteiger partial charge in [-0.25, -0.2) is 8.42 Å². The van der Waals surface area contributed by atoms with Crippen LogP contribution in [-0.2, 0) is 10.0 Å². The zero-order chi connectivity index (χ0) is 22.7. The Hall–Kier alpha value is -3.01. The van der Waals surface area contributed by atoms with Crippen LogP contribution in [0.3, 0.4) is 0 Å². The number of anilines is 1. The number of thiophene rings is 1. The lowest BCUT2D eigenvalue weighted by Crippen LogP contribution is -2.35. The van der Waals surface area contributed by atoms with Crippen molar-refractivity contribution in [3.05, 3.63) is 71.8 Å². The van der Waals surface area contributed by atoms with E-state index in [1.807, 2.05) is 30.3 Å². The predicted molar refractivity (Wildman–Crippen MR) is 125 cm³/mol. The Morgan fingerprint density at radius 3 is 2.22 bits per heavy atom. The van der Waals surface area contributed by atoms with Crippen molar-refractivity contribution in [3.8, 4) is 10.4 Å². The Morgan fingerprint density at radius 2 is 1.59 bits per heavy atom. The summed E-state index contributed by atoms with van der Waals surface area (Å²) in [4.78, 5) is 25.6. The van der Waals surface area contributed by atoms with Crippen LogP contribution in [0.15, 0.2) is 65.6 Å². The van der Waals surface area contributed by atoms with E-state index in [2.05, 4.69) is 5.32 Å². The molecule has 3 aromatic rings. The van der Waals surface area contributed by atoms with Gasteiger partial charge in [0.25, 0.3) is 11.8 Å². The molecule has 2 amide bonds. The quantitative estimate of drug-likeness (QED) is 0.570. The van der Waals surface area contributed by atoms with Gasteiger partial charge in [0.2, 0.25) is 10.0 Å². The molecule has 0 radical (unpaired) electrons. The molecule has 0 spiro atoms. The van der Waals surface area contributed by atoms with E-state index in [0.717, 1.165) is 29.7 Å². The van der Waals surface area contributed by atoms with Gasteiger partial charge in [-0.2, -0.15) is 4.31 Å². The number of benzene rings is 2. The third-order valence-electron chi connectivity index (χ3n) is 5.35. The van der Waals surface area contributed by atoms with E-state index in [-0.39, 0.29) is 16.0 Å². The Kier molecular flexibility index (Phi) is 6.40. The molecule has 0 atom stereocenters. The van der Waals surface area contributed by atoms with Crippen LogP contribution in [0.25, 0.3) is 10.4 Å². The molecule has 2 heterocycles. The van der Waals surface area contributed by atoms with Crippen LogP contribution in [0.4, 0.5) is 5.00 Å². The molecule has 0 saturated carbocycles. The number of sulfonamides is 1. The maximum absolute atomic E-state index is 12.8. The molecule has 0 aliphatic carbocycles. The summed E-state index contributed by atoms with van der Waals surface area (Å²) in [6.45, 7) is 1.03. The Labute approximate surface area is 190 Å². The summed E-state index contributed by atoms with van der Waals surface area (Å²) in [5.74, 6) is -1.09. The topological polar surface area (TPSA) is 110 Å². The second kappa shape index (κ2) is 9.23. The highest BCUT2D eigenvalue weighted by Gasteiger charge is 2.26. The molecular weight excluding hydrogens is 446 g/mol. The first-order chi connectivity index (χ1) is 15.4. The molecule has 1 aliphatic rings. The number of nitrogens with one attached hydrogen (secondary N) is 1. The maximum atomic E-state index is 12.8. The van der Waals surface area contributed by atoms with E-state index in [1.54, 1.807) is 6.07 Å². The van der Waals surface area contributed by atoms with Crippen LogP contribution >= 0.6 is 11.3 Å². The molecule has 1 aromatic heterocycles. The molecule has 3 N–H and O–H groups in total. The van der Waals surface area contributed by atoms with Gasteiger partial charge in [-0.1, -0.05) is 36.8 Å². The molecule has 7 nitrogen and oxygen atoms in total. The van der Waals surface area contributed by atoms with E-state index < -0.39 is 21.8 Å². The predicted octanol–water partition coefficient (Wildman–Crippen LogP) is 3.94. The number of carbonyl (C=O) groups excluding carboxylic acids is 2. The third kappa shape index (κ3) is 4.59. The van der Waals surface area contributed by atoms with E-state index in [1.165, 1.54) is 39.9 Å². The van der Waals surface area contributed by atoms with Crippen molar-refractivity contribution in [3.63, 3.8) is 0 Å². The van der Waals surface area contributed by atoms with Crippen LogP contribution in [0.1, 0.15) is 40.0 Å². The zero-order valence-corrected chi connectivity index (χ0v) is 18.9. The molecule has 2 aromatic carbocycles. The van der Waals surface area contributed by atoms with Crippen LogP contribution < -0.4 is 11.1 Å². The summed E-state index contributed by atoms with van der Waals surface area (Å²) in [5, 5.41) is 3.09. The first-order valence-corrected chi connectivity index (χ1v) is 12.5. The summed E-state index contributed by atoms with van der Waals surface area (Å²) in [6.07, 6.45) is 2.74. The fourth-order valence-corrected chi connectivity index (χ4v) is 6.20. The average molecular weight is 470 g/mol. The summed E-state index contributed by atoms with van der Waals surface area (Å²) >= 11 is 1.25. The number of nitrogens with two attached hydrogens (primary N) is 1. The minimum Gasteiger partial charge on any atom is -0.366 e. The van der Waals surface area contributed by atoms with Gasteiger partial charge in [-0.3, -0.25) is 9.59 Å². The maximum Gasteiger partial charge on any atom is 0.256 e. The lowest BCUT2D eigenvalue weighted by molar-refractivity contribution is 0.100. The summed E-state index contributed by atoms with van der Waals surface area (Å²) in [5.41, 5.74) is 6.93. The monoisotopic (exact) mass is 469 g/mol. The van der Waals surface area contributed by atoms with E-state index in [4.69, 9.17) is 5.73 Å². The summed E-state index contributed by atoms with van der Waals surface area (Å²) in [7, 11) is -3.57. The normalized spacial score (nSPS) is 14.8. The molecule has 1 aliphatic heterocycles. The highest BCUT2D eigenvalue weighted by Crippen LogP contribution is 2.35. The molecular formula is C23H23N3O4S2. The molecule has 0 unspecified atom stereocenters. The second-order valence-electron chi connectivity index (χ2n) is 7.53. The molecule has 9 heteroatoms. The Morgan fingerprint density at radius 1 is 0.938 bits per heavy atom. The van der Waals surface area contributed by atoms with Crippen LogP contribution in [0.2, 0.25) is 0 Å². The minimum atomic E-state index is -3.57. The molecule has 1 fully saturated rings. The van der Waals surface area contributed by atoms with Crippen LogP contribution in [-0.4, -0.2) is 37.6 Å². The van der Waals surface area contributed by atoms with Gasteiger partial charge in [-0.15, -0.1) is 11.3 Å². The van der Waals surface area contributed by atoms with Crippen LogP contribution in [0.5, 0.6) is 0 Å². The number of rotatable bonds is 6. The van der Waals surface area contributed by atoms with Gasteiger partial charge in [-0.05, 0) is 48.7 Å². The van der Waals surface area contributed by atoms with Gasteiger partial charge in [0.05, 0.1) is 10.5 Å². The van der Waals surface area contributed by atoms with Gasteiger partial charge in [0, 0.05) is 23.5 Å². The number of carbonyl (C=O) groups is 2. The Bertz CT molecular complexity index is 1230. The van der Waals surface area contributed by atoms with Crippen LogP contribution in [0, 0.1) is 0 Å². The number of nitrogens with zero attached hydrogens (tertiary/aromatic N) is 1. The fourth-order valence-electron chi connectivity index (χ4n) is 3.62. The summed E-state index contributed by atoms with van der Waals surface area (Å²) < 4.78 is 27.1. The SMILES string of the molecule is NC(=O)c1cc(-c2ccccc2)sc1NC(=O)c1ccc(S(=O)(=O)N2CCCCC2)cc1. The van der Waals surface area contributed by atoms with E-state index in [9.17, 15) is 18.0 Å². The van der Waals surface area contributed by atoms with Crippen molar-refractivity contribution in [2.45, 2.75) is 24.2 Å². The van der Waals surface area contributed by atoms with Crippen molar-refractivity contribution in [2.24, 2.45) is 5.73 Å². The van der Waals surface area contributed by atoms with Crippen molar-refractivity contribution >= 4 is 38.2 Å². The molecule has 0 bridgehead atoms. The number of piperidine rings is 1. The van der Waals surface area contributed by atoms with Gasteiger partial charge < -0.3 is 11.1 Å². The van der Waals surface area contributed by atoms with Gasteiger partial charge >= 0.3 is 0 Å². The first kappa shape index (κ1) is 22.2. The highest BCUT2D eigenvalue weighted by atomic mass is 32.2.